The first-order chi connectivity index (χ1) is 15.0. The Morgan fingerprint density at radius 2 is 1.94 bits per heavy atom. The number of hydrogen-bond donors (Lipinski definition) is 1. The number of pyridine rings is 1. The Hall–Kier alpha value is -2.81. The predicted octanol–water partition coefficient (Wildman–Crippen LogP) is 1.89. The van der Waals surface area contributed by atoms with Crippen molar-refractivity contribution in [1.82, 2.24) is 20.3 Å². The summed E-state index contributed by atoms with van der Waals surface area (Å²) in [5, 5.41) is 3.19. The highest BCUT2D eigenvalue weighted by Gasteiger charge is 2.32. The van der Waals surface area contributed by atoms with Crippen LogP contribution >= 0.6 is 0 Å². The maximum absolute atomic E-state index is 11.9. The van der Waals surface area contributed by atoms with E-state index in [2.05, 4.69) is 21.3 Å². The van der Waals surface area contributed by atoms with Crippen LogP contribution in [0, 0.1) is 0 Å². The van der Waals surface area contributed by atoms with Crippen LogP contribution in [0.1, 0.15) is 69.4 Å². The second-order valence-electron chi connectivity index (χ2n) is 7.94. The first-order valence-corrected chi connectivity index (χ1v) is 11.0. The predicted molar refractivity (Wildman–Crippen MR) is 111 cm³/mol. The normalized spacial score (nSPS) is 19.1. The fraction of sp³-hybridized carbons (Fsp3) is 0.591. The van der Waals surface area contributed by atoms with E-state index in [9.17, 15) is 19.2 Å². The van der Waals surface area contributed by atoms with E-state index in [1.807, 2.05) is 12.3 Å². The summed E-state index contributed by atoms with van der Waals surface area (Å²) in [7, 11) is 0. The van der Waals surface area contributed by atoms with Crippen LogP contribution in [0.15, 0.2) is 24.5 Å². The van der Waals surface area contributed by atoms with E-state index in [4.69, 9.17) is 4.84 Å². The third-order valence-electron chi connectivity index (χ3n) is 5.63. The van der Waals surface area contributed by atoms with Crippen LogP contribution in [0.2, 0.25) is 0 Å². The lowest BCUT2D eigenvalue weighted by atomic mass is 10.1. The van der Waals surface area contributed by atoms with Gasteiger partial charge in [0, 0.05) is 44.2 Å². The van der Waals surface area contributed by atoms with Gasteiger partial charge in [-0.05, 0) is 50.4 Å². The maximum atomic E-state index is 11.9. The molecule has 0 spiro atoms. The van der Waals surface area contributed by atoms with Gasteiger partial charge in [0.2, 0.25) is 5.91 Å². The number of nitrogens with zero attached hydrogens (tertiary/aromatic N) is 3. The Morgan fingerprint density at radius 3 is 2.68 bits per heavy atom. The molecule has 2 aliphatic heterocycles. The van der Waals surface area contributed by atoms with E-state index in [1.54, 1.807) is 6.20 Å². The lowest BCUT2D eigenvalue weighted by Crippen LogP contribution is -2.33. The fourth-order valence-corrected chi connectivity index (χ4v) is 4.02. The van der Waals surface area contributed by atoms with Gasteiger partial charge in [-0.25, -0.2) is 4.79 Å². The van der Waals surface area contributed by atoms with Gasteiger partial charge in [-0.1, -0.05) is 12.5 Å². The Bertz CT molecular complexity index is 769. The van der Waals surface area contributed by atoms with Gasteiger partial charge in [-0.3, -0.25) is 24.3 Å². The van der Waals surface area contributed by atoms with Gasteiger partial charge in [0.05, 0.1) is 6.42 Å². The summed E-state index contributed by atoms with van der Waals surface area (Å²) in [5.74, 6) is -1.85. The molecule has 1 aromatic rings. The highest BCUT2D eigenvalue weighted by Crippen LogP contribution is 2.31. The highest BCUT2D eigenvalue weighted by molar-refractivity contribution is 6.01. The minimum Gasteiger partial charge on any atom is -0.356 e. The molecule has 9 nitrogen and oxygen atoms in total. The molecule has 2 fully saturated rings. The number of amides is 3. The third kappa shape index (κ3) is 6.85. The van der Waals surface area contributed by atoms with Gasteiger partial charge in [0.1, 0.15) is 0 Å². The smallest absolute Gasteiger partial charge is 0.334 e. The van der Waals surface area contributed by atoms with Gasteiger partial charge >= 0.3 is 5.97 Å². The van der Waals surface area contributed by atoms with Crippen LogP contribution in [0.3, 0.4) is 0 Å². The van der Waals surface area contributed by atoms with Crippen molar-refractivity contribution < 1.29 is 24.0 Å². The summed E-state index contributed by atoms with van der Waals surface area (Å²) in [6.45, 7) is 2.24. The first-order valence-electron chi connectivity index (χ1n) is 11.0. The Labute approximate surface area is 182 Å². The molecule has 1 atom stereocenters. The lowest BCUT2D eigenvalue weighted by molar-refractivity contribution is -0.197. The standard InChI is InChI=1S/C22H30N4O5/c27-19(24-13-11-22(30)31-26-20(28)9-10-21(26)29)8-2-1-3-14-25-15-5-7-18(25)17-6-4-12-23-16-17/h4,6,12,16,18H,1-3,5,7-11,13-15H2,(H,24,27)/t18-/m0/s1. The molecule has 3 rings (SSSR count). The van der Waals surface area contributed by atoms with Crippen LogP contribution in [-0.4, -0.2) is 58.3 Å². The molecule has 0 bridgehead atoms. The summed E-state index contributed by atoms with van der Waals surface area (Å²) in [5.41, 5.74) is 1.27. The summed E-state index contributed by atoms with van der Waals surface area (Å²) in [6, 6.07) is 4.56. The van der Waals surface area contributed by atoms with E-state index < -0.39 is 17.8 Å². The number of hydroxylamine groups is 2. The molecule has 0 aromatic carbocycles. The van der Waals surface area contributed by atoms with Crippen molar-refractivity contribution >= 4 is 23.7 Å². The highest BCUT2D eigenvalue weighted by atomic mass is 16.7. The molecular weight excluding hydrogens is 400 g/mol. The number of likely N-dealkylation sites (tertiary alicyclic amines) is 1. The van der Waals surface area contributed by atoms with Gasteiger partial charge in [-0.2, -0.15) is 0 Å². The van der Waals surface area contributed by atoms with Crippen LogP contribution in [0.25, 0.3) is 0 Å². The van der Waals surface area contributed by atoms with Crippen molar-refractivity contribution in [2.75, 3.05) is 19.6 Å². The summed E-state index contributed by atoms with van der Waals surface area (Å²) in [6.07, 6.45) is 9.34. The Morgan fingerprint density at radius 1 is 1.13 bits per heavy atom. The zero-order valence-electron chi connectivity index (χ0n) is 17.8. The fourth-order valence-electron chi connectivity index (χ4n) is 4.02. The van der Waals surface area contributed by atoms with E-state index in [1.165, 1.54) is 12.0 Å². The molecule has 2 aliphatic rings. The molecule has 168 valence electrons. The molecule has 0 saturated carbocycles. The average molecular weight is 431 g/mol. The van der Waals surface area contributed by atoms with Crippen LogP contribution in [0.5, 0.6) is 0 Å². The minimum atomic E-state index is -0.710. The van der Waals surface area contributed by atoms with E-state index in [-0.39, 0.29) is 31.7 Å². The molecule has 3 amide bonds. The van der Waals surface area contributed by atoms with Crippen LogP contribution in [-0.2, 0) is 24.0 Å². The van der Waals surface area contributed by atoms with E-state index in [0.717, 1.165) is 38.8 Å². The largest absolute Gasteiger partial charge is 0.356 e. The molecule has 0 aliphatic carbocycles. The molecule has 9 heteroatoms. The minimum absolute atomic E-state index is 0.0602. The van der Waals surface area contributed by atoms with Gasteiger partial charge < -0.3 is 10.2 Å². The van der Waals surface area contributed by atoms with Gasteiger partial charge in [0.15, 0.2) is 0 Å². The zero-order valence-corrected chi connectivity index (χ0v) is 17.8. The molecule has 1 N–H and O–H groups in total. The van der Waals surface area contributed by atoms with Crippen molar-refractivity contribution in [2.45, 2.75) is 63.8 Å². The second-order valence-corrected chi connectivity index (χ2v) is 7.94. The monoisotopic (exact) mass is 430 g/mol. The zero-order chi connectivity index (χ0) is 22.1. The van der Waals surface area contributed by atoms with Crippen LogP contribution in [0.4, 0.5) is 0 Å². The molecule has 0 radical (unpaired) electrons. The Balaban J connectivity index is 1.23. The molecule has 2 saturated heterocycles. The molecule has 0 unspecified atom stereocenters. The van der Waals surface area contributed by atoms with E-state index >= 15 is 0 Å². The number of aromatic nitrogens is 1. The molecule has 1 aromatic heterocycles. The number of hydrogen-bond acceptors (Lipinski definition) is 7. The summed E-state index contributed by atoms with van der Waals surface area (Å²) in [4.78, 5) is 57.9. The third-order valence-corrected chi connectivity index (χ3v) is 5.63. The van der Waals surface area contributed by atoms with Gasteiger partial charge in [-0.15, -0.1) is 5.06 Å². The molecule has 3 heterocycles. The number of nitrogens with one attached hydrogen (secondary N) is 1. The number of rotatable bonds is 11. The Kier molecular flexibility index (Phi) is 8.52. The maximum Gasteiger partial charge on any atom is 0.334 e. The number of carbonyl (C=O) groups excluding carboxylic acids is 4. The van der Waals surface area contributed by atoms with E-state index in [0.29, 0.717) is 17.5 Å². The van der Waals surface area contributed by atoms with Crippen LogP contribution < -0.4 is 5.32 Å². The van der Waals surface area contributed by atoms with Crippen molar-refractivity contribution in [3.63, 3.8) is 0 Å². The average Bonchev–Trinajstić information content (AvgIpc) is 3.36. The quantitative estimate of drug-likeness (QED) is 0.422. The molecular formula is C22H30N4O5. The van der Waals surface area contributed by atoms with Gasteiger partial charge in [0.25, 0.3) is 11.8 Å². The number of unbranched alkanes of at least 4 members (excludes halogenated alkanes) is 2. The summed E-state index contributed by atoms with van der Waals surface area (Å²) < 4.78 is 0. The SMILES string of the molecule is O=C(CCCCCN1CCC[C@H]1c1cccnc1)NCCC(=O)ON1C(=O)CCC1=O. The lowest BCUT2D eigenvalue weighted by Gasteiger charge is -2.24. The van der Waals surface area contributed by atoms with Crippen molar-refractivity contribution in [2.24, 2.45) is 0 Å². The molecule has 31 heavy (non-hydrogen) atoms. The second kappa shape index (κ2) is 11.5. The number of carbonyl (C=O) groups is 4. The van der Waals surface area contributed by atoms with Crippen molar-refractivity contribution in [3.05, 3.63) is 30.1 Å². The number of imide groups is 1. The topological polar surface area (TPSA) is 109 Å². The first kappa shape index (κ1) is 22.9. The van der Waals surface area contributed by atoms with Crippen molar-refractivity contribution in [1.29, 1.82) is 0 Å². The summed E-state index contributed by atoms with van der Waals surface area (Å²) >= 11 is 0. The van der Waals surface area contributed by atoms with Crippen molar-refractivity contribution in [3.8, 4) is 0 Å².